The molecule has 1 aromatic heterocycles. The Morgan fingerprint density at radius 1 is 1.08 bits per heavy atom. The number of hydrogen-bond acceptors (Lipinski definition) is 5. The van der Waals surface area contributed by atoms with Crippen molar-refractivity contribution in [1.29, 1.82) is 0 Å². The van der Waals surface area contributed by atoms with Crippen molar-refractivity contribution in [2.24, 2.45) is 11.3 Å². The smallest absolute Gasteiger partial charge is 0.266 e. The average Bonchev–Trinajstić information content (AvgIpc) is 3.28. The summed E-state index contributed by atoms with van der Waals surface area (Å²) in [5.41, 5.74) is 0.456. The van der Waals surface area contributed by atoms with Crippen LogP contribution in [0.1, 0.15) is 70.6 Å². The zero-order valence-electron chi connectivity index (χ0n) is 15.9. The van der Waals surface area contributed by atoms with Gasteiger partial charge in [0.25, 0.3) is 5.95 Å². The molecule has 3 heterocycles. The van der Waals surface area contributed by atoms with E-state index in [0.717, 1.165) is 37.3 Å². The topological polar surface area (TPSA) is 45.4 Å². The van der Waals surface area contributed by atoms with Crippen LogP contribution in [-0.4, -0.2) is 47.8 Å². The summed E-state index contributed by atoms with van der Waals surface area (Å²) in [4.78, 5) is 9.65. The molecule has 1 spiro atoms. The first-order chi connectivity index (χ1) is 12.3. The Kier molecular flexibility index (Phi) is 5.30. The van der Waals surface area contributed by atoms with E-state index in [0.29, 0.717) is 5.41 Å². The summed E-state index contributed by atoms with van der Waals surface area (Å²) in [5.74, 6) is 2.57. The molecule has 0 unspecified atom stereocenters. The Morgan fingerprint density at radius 2 is 1.96 bits per heavy atom. The van der Waals surface area contributed by atoms with Crippen molar-refractivity contribution in [3.05, 3.63) is 5.89 Å². The highest BCUT2D eigenvalue weighted by Gasteiger charge is 2.42. The summed E-state index contributed by atoms with van der Waals surface area (Å²) in [5, 5.41) is 4.19. The first-order valence-electron chi connectivity index (χ1n) is 10.6. The summed E-state index contributed by atoms with van der Waals surface area (Å²) in [6.45, 7) is 8.14. The van der Waals surface area contributed by atoms with E-state index in [9.17, 15) is 0 Å². The van der Waals surface area contributed by atoms with Crippen molar-refractivity contribution in [1.82, 2.24) is 15.0 Å². The second kappa shape index (κ2) is 7.65. The molecule has 0 amide bonds. The maximum absolute atomic E-state index is 5.32. The van der Waals surface area contributed by atoms with Crippen LogP contribution < -0.4 is 4.90 Å². The van der Waals surface area contributed by atoms with E-state index in [4.69, 9.17) is 4.52 Å². The Bertz CT molecular complexity index is 554. The zero-order valence-corrected chi connectivity index (χ0v) is 15.9. The van der Waals surface area contributed by atoms with Crippen LogP contribution in [0.5, 0.6) is 0 Å². The summed E-state index contributed by atoms with van der Waals surface area (Å²) in [6.07, 6.45) is 13.6. The minimum absolute atomic E-state index is 0.456. The molecule has 4 rings (SSSR count). The number of aryl methyl sites for hydroxylation is 1. The molecule has 3 fully saturated rings. The molecule has 1 saturated carbocycles. The normalized spacial score (nSPS) is 28.9. The fourth-order valence-electron chi connectivity index (χ4n) is 5.30. The van der Waals surface area contributed by atoms with E-state index in [1.165, 1.54) is 77.4 Å². The predicted octanol–water partition coefficient (Wildman–Crippen LogP) is 3.89. The zero-order chi connectivity index (χ0) is 17.1. The van der Waals surface area contributed by atoms with Crippen molar-refractivity contribution < 1.29 is 4.52 Å². The van der Waals surface area contributed by atoms with Crippen molar-refractivity contribution in [3.63, 3.8) is 0 Å². The summed E-state index contributed by atoms with van der Waals surface area (Å²) < 4.78 is 5.32. The fourth-order valence-corrected chi connectivity index (χ4v) is 5.30. The largest absolute Gasteiger partial charge is 0.338 e. The van der Waals surface area contributed by atoms with E-state index in [2.05, 4.69) is 26.9 Å². The number of hydrogen-bond donors (Lipinski definition) is 0. The predicted molar refractivity (Wildman–Crippen MR) is 99.8 cm³/mol. The lowest BCUT2D eigenvalue weighted by Gasteiger charge is -2.41. The minimum atomic E-state index is 0.456. The van der Waals surface area contributed by atoms with Crippen molar-refractivity contribution in [2.45, 2.75) is 71.1 Å². The molecule has 0 bridgehead atoms. The van der Waals surface area contributed by atoms with Crippen molar-refractivity contribution in [2.75, 3.05) is 37.6 Å². The third-order valence-corrected chi connectivity index (χ3v) is 6.80. The molecule has 5 nitrogen and oxygen atoms in total. The van der Waals surface area contributed by atoms with Gasteiger partial charge in [0.2, 0.25) is 5.89 Å². The lowest BCUT2D eigenvalue weighted by atomic mass is 9.79. The van der Waals surface area contributed by atoms with Crippen molar-refractivity contribution >= 4 is 5.95 Å². The van der Waals surface area contributed by atoms with Crippen molar-refractivity contribution in [3.8, 4) is 0 Å². The number of piperidine rings is 1. The fraction of sp³-hybridized carbons (Fsp3) is 0.900. The Morgan fingerprint density at radius 3 is 2.76 bits per heavy atom. The van der Waals surface area contributed by atoms with E-state index >= 15 is 0 Å². The van der Waals surface area contributed by atoms with Gasteiger partial charge in [-0.25, -0.2) is 0 Å². The lowest BCUT2D eigenvalue weighted by molar-refractivity contribution is 0.0970. The van der Waals surface area contributed by atoms with Crippen LogP contribution in [0.25, 0.3) is 0 Å². The van der Waals surface area contributed by atoms with E-state index in [1.54, 1.807) is 0 Å². The van der Waals surface area contributed by atoms with Gasteiger partial charge in [-0.05, 0) is 49.8 Å². The van der Waals surface area contributed by atoms with Crippen LogP contribution >= 0.6 is 0 Å². The highest BCUT2D eigenvalue weighted by atomic mass is 16.5. The molecule has 0 N–H and O–H groups in total. The van der Waals surface area contributed by atoms with Gasteiger partial charge in [-0.15, -0.1) is 0 Å². The maximum Gasteiger partial charge on any atom is 0.266 e. The molecule has 1 atom stereocenters. The van der Waals surface area contributed by atoms with E-state index in [1.807, 2.05) is 0 Å². The number of nitrogens with zero attached hydrogens (tertiary/aromatic N) is 4. The van der Waals surface area contributed by atoms with Gasteiger partial charge in [-0.1, -0.05) is 39.0 Å². The van der Waals surface area contributed by atoms with Crippen LogP contribution in [0.3, 0.4) is 0 Å². The quantitative estimate of drug-likeness (QED) is 0.809. The first kappa shape index (κ1) is 17.3. The monoisotopic (exact) mass is 346 g/mol. The lowest BCUT2D eigenvalue weighted by Crippen LogP contribution is -2.45. The first-order valence-corrected chi connectivity index (χ1v) is 10.6. The third-order valence-electron chi connectivity index (χ3n) is 6.80. The second-order valence-electron chi connectivity index (χ2n) is 8.69. The summed E-state index contributed by atoms with van der Waals surface area (Å²) in [6, 6.07) is 0. The van der Waals surface area contributed by atoms with Gasteiger partial charge < -0.3 is 14.3 Å². The molecule has 1 aromatic rings. The highest BCUT2D eigenvalue weighted by molar-refractivity contribution is 5.31. The number of rotatable bonds is 5. The Hall–Kier alpha value is -1.10. The second-order valence-corrected chi connectivity index (χ2v) is 8.69. The molecule has 140 valence electrons. The average molecular weight is 347 g/mol. The third kappa shape index (κ3) is 4.02. The standard InChI is InChI=1S/C20H34N4O/c1-2-18-21-19(22-25-18)24-14-11-20(16-24)10-6-12-23(15-20)13-9-17-7-4-3-5-8-17/h17H,2-16H2,1H3/t20-/m1/s1. The number of aromatic nitrogens is 2. The van der Waals surface area contributed by atoms with Gasteiger partial charge in [0.15, 0.2) is 0 Å². The van der Waals surface area contributed by atoms with Crippen LogP contribution in [0.15, 0.2) is 4.52 Å². The van der Waals surface area contributed by atoms with Crippen LogP contribution in [-0.2, 0) is 6.42 Å². The maximum atomic E-state index is 5.32. The molecule has 5 heteroatoms. The van der Waals surface area contributed by atoms with E-state index < -0.39 is 0 Å². The number of anilines is 1. The highest BCUT2D eigenvalue weighted by Crippen LogP contribution is 2.40. The summed E-state index contributed by atoms with van der Waals surface area (Å²) in [7, 11) is 0. The van der Waals surface area contributed by atoms with Gasteiger partial charge in [0.05, 0.1) is 0 Å². The molecule has 25 heavy (non-hydrogen) atoms. The number of likely N-dealkylation sites (tertiary alicyclic amines) is 1. The molecule has 3 aliphatic rings. The van der Waals surface area contributed by atoms with Gasteiger partial charge in [-0.2, -0.15) is 4.98 Å². The van der Waals surface area contributed by atoms with Crippen LogP contribution in [0.4, 0.5) is 5.95 Å². The van der Waals surface area contributed by atoms with E-state index in [-0.39, 0.29) is 0 Å². The molecule has 2 saturated heterocycles. The van der Waals surface area contributed by atoms with Crippen LogP contribution in [0.2, 0.25) is 0 Å². The Labute approximate surface area is 152 Å². The van der Waals surface area contributed by atoms with Crippen LogP contribution in [0, 0.1) is 11.3 Å². The van der Waals surface area contributed by atoms with Gasteiger partial charge >= 0.3 is 0 Å². The molecule has 0 aromatic carbocycles. The molecule has 0 radical (unpaired) electrons. The molecule has 1 aliphatic carbocycles. The summed E-state index contributed by atoms with van der Waals surface area (Å²) >= 11 is 0. The van der Waals surface area contributed by atoms with Gasteiger partial charge in [0.1, 0.15) is 0 Å². The van der Waals surface area contributed by atoms with Gasteiger partial charge in [-0.3, -0.25) is 0 Å². The minimum Gasteiger partial charge on any atom is -0.338 e. The molecular formula is C20H34N4O. The molecular weight excluding hydrogens is 312 g/mol. The Balaban J connectivity index is 1.31. The SMILES string of the molecule is CCc1nc(N2CC[C@@]3(CCCN(CCC4CCCCC4)C3)C2)no1. The molecule has 2 aliphatic heterocycles. The van der Waals surface area contributed by atoms with Gasteiger partial charge in [0, 0.05) is 31.5 Å².